The summed E-state index contributed by atoms with van der Waals surface area (Å²) in [6, 6.07) is 14.7. The highest BCUT2D eigenvalue weighted by atomic mass is 16.6. The molecule has 0 bridgehead atoms. The van der Waals surface area contributed by atoms with Crippen LogP contribution < -0.4 is 10.1 Å². The summed E-state index contributed by atoms with van der Waals surface area (Å²) in [7, 11) is 0. The summed E-state index contributed by atoms with van der Waals surface area (Å²) in [5.74, 6) is 0.761. The molecule has 4 heteroatoms. The van der Waals surface area contributed by atoms with Gasteiger partial charge >= 0.3 is 6.08 Å². The Balaban J connectivity index is 1.53. The van der Waals surface area contributed by atoms with Crippen molar-refractivity contribution in [2.24, 2.45) is 0 Å². The largest absolute Gasteiger partial charge is 0.417 e. The van der Waals surface area contributed by atoms with E-state index in [0.29, 0.717) is 12.1 Å². The van der Waals surface area contributed by atoms with Crippen LogP contribution in [0.2, 0.25) is 0 Å². The van der Waals surface area contributed by atoms with Gasteiger partial charge in [-0.25, -0.2) is 0 Å². The molecule has 1 aromatic heterocycles. The van der Waals surface area contributed by atoms with Gasteiger partial charge in [-0.1, -0.05) is 36.4 Å². The van der Waals surface area contributed by atoms with Crippen molar-refractivity contribution < 1.29 is 9.15 Å². The van der Waals surface area contributed by atoms with Crippen LogP contribution in [-0.4, -0.2) is 11.0 Å². The van der Waals surface area contributed by atoms with Crippen LogP contribution in [0, 0.1) is 0 Å². The van der Waals surface area contributed by atoms with Crippen LogP contribution in [0.4, 0.5) is 0 Å². The van der Waals surface area contributed by atoms with Gasteiger partial charge in [-0.2, -0.15) is 4.98 Å². The molecule has 0 atom stereocenters. The number of oxazole rings is 1. The van der Waals surface area contributed by atoms with E-state index in [1.54, 1.807) is 6.26 Å². The highest BCUT2D eigenvalue weighted by Gasteiger charge is 2.20. The van der Waals surface area contributed by atoms with E-state index in [4.69, 9.17) is 9.15 Å². The van der Waals surface area contributed by atoms with Gasteiger partial charge in [0.1, 0.15) is 12.0 Å². The molecule has 4 nitrogen and oxygen atoms in total. The fraction of sp³-hybridized carbons (Fsp3) is 0.235. The molecule has 0 spiro atoms. The Morgan fingerprint density at radius 1 is 1.14 bits per heavy atom. The fourth-order valence-corrected chi connectivity index (χ4v) is 2.33. The first kappa shape index (κ1) is 12.4. The van der Waals surface area contributed by atoms with Crippen molar-refractivity contribution in [3.63, 3.8) is 0 Å². The van der Waals surface area contributed by atoms with Gasteiger partial charge in [-0.3, -0.25) is 0 Å². The summed E-state index contributed by atoms with van der Waals surface area (Å²) < 4.78 is 11.2. The Labute approximate surface area is 122 Å². The second kappa shape index (κ2) is 5.22. The van der Waals surface area contributed by atoms with Crippen molar-refractivity contribution in [1.82, 2.24) is 10.3 Å². The molecule has 1 aliphatic carbocycles. The van der Waals surface area contributed by atoms with Crippen LogP contribution >= 0.6 is 0 Å². The summed E-state index contributed by atoms with van der Waals surface area (Å²) in [5, 5.41) is 5.59. The number of rotatable bonds is 5. The first-order valence-corrected chi connectivity index (χ1v) is 7.22. The van der Waals surface area contributed by atoms with Crippen LogP contribution in [0.3, 0.4) is 0 Å². The third-order valence-electron chi connectivity index (χ3n) is 3.63. The molecule has 0 amide bonds. The maximum atomic E-state index is 5.79. The summed E-state index contributed by atoms with van der Waals surface area (Å²) >= 11 is 0. The summed E-state index contributed by atoms with van der Waals surface area (Å²) in [5.41, 5.74) is 0.872. The second-order valence-electron chi connectivity index (χ2n) is 5.34. The first-order valence-electron chi connectivity index (χ1n) is 7.22. The lowest BCUT2D eigenvalue weighted by Gasteiger charge is -2.04. The van der Waals surface area contributed by atoms with Gasteiger partial charge in [-0.05, 0) is 24.3 Å². The monoisotopic (exact) mass is 280 g/mol. The molecule has 21 heavy (non-hydrogen) atoms. The Bertz CT molecular complexity index is 757. The number of hydrogen-bond donors (Lipinski definition) is 1. The zero-order valence-electron chi connectivity index (χ0n) is 11.6. The van der Waals surface area contributed by atoms with Crippen LogP contribution in [0.25, 0.3) is 10.8 Å². The Kier molecular flexibility index (Phi) is 3.09. The van der Waals surface area contributed by atoms with E-state index >= 15 is 0 Å². The third kappa shape index (κ3) is 2.76. The highest BCUT2D eigenvalue weighted by Crippen LogP contribution is 2.29. The predicted octanol–water partition coefficient (Wildman–Crippen LogP) is 3.87. The van der Waals surface area contributed by atoms with Gasteiger partial charge in [0.25, 0.3) is 0 Å². The van der Waals surface area contributed by atoms with E-state index in [1.165, 1.54) is 12.8 Å². The maximum absolute atomic E-state index is 5.79. The molecule has 3 aromatic rings. The van der Waals surface area contributed by atoms with E-state index in [1.807, 2.05) is 30.3 Å². The minimum Gasteiger partial charge on any atom is -0.417 e. The number of nitrogens with one attached hydrogen (secondary N) is 1. The van der Waals surface area contributed by atoms with E-state index in [0.717, 1.165) is 28.8 Å². The van der Waals surface area contributed by atoms with Crippen molar-refractivity contribution in [2.45, 2.75) is 25.4 Å². The quantitative estimate of drug-likeness (QED) is 0.770. The van der Waals surface area contributed by atoms with Gasteiger partial charge in [0.05, 0.1) is 5.69 Å². The molecule has 1 heterocycles. The highest BCUT2D eigenvalue weighted by molar-refractivity contribution is 5.88. The summed E-state index contributed by atoms with van der Waals surface area (Å²) in [6.07, 6.45) is 4.46. The number of benzene rings is 2. The average molecular weight is 280 g/mol. The van der Waals surface area contributed by atoms with Gasteiger partial charge < -0.3 is 14.5 Å². The second-order valence-corrected chi connectivity index (χ2v) is 5.34. The van der Waals surface area contributed by atoms with Crippen LogP contribution in [-0.2, 0) is 6.54 Å². The van der Waals surface area contributed by atoms with Gasteiger partial charge in [0.2, 0.25) is 0 Å². The normalized spacial score (nSPS) is 14.5. The fourth-order valence-electron chi connectivity index (χ4n) is 2.33. The average Bonchev–Trinajstić information content (AvgIpc) is 3.25. The van der Waals surface area contributed by atoms with Gasteiger partial charge in [0.15, 0.2) is 0 Å². The Morgan fingerprint density at radius 2 is 2.00 bits per heavy atom. The first-order chi connectivity index (χ1) is 10.4. The molecular weight excluding hydrogens is 264 g/mol. The molecule has 0 unspecified atom stereocenters. The molecule has 2 aromatic carbocycles. The number of hydrogen-bond acceptors (Lipinski definition) is 4. The molecule has 1 N–H and O–H groups in total. The van der Waals surface area contributed by atoms with Gasteiger partial charge in [-0.15, -0.1) is 0 Å². The van der Waals surface area contributed by atoms with Crippen molar-refractivity contribution in [2.75, 3.05) is 0 Å². The minimum absolute atomic E-state index is 0.291. The van der Waals surface area contributed by atoms with E-state index in [-0.39, 0.29) is 0 Å². The van der Waals surface area contributed by atoms with E-state index in [2.05, 4.69) is 22.4 Å². The van der Waals surface area contributed by atoms with Crippen LogP contribution in [0.15, 0.2) is 53.1 Å². The van der Waals surface area contributed by atoms with Crippen molar-refractivity contribution in [3.05, 3.63) is 54.4 Å². The van der Waals surface area contributed by atoms with Crippen molar-refractivity contribution in [3.8, 4) is 11.8 Å². The number of ether oxygens (including phenoxy) is 1. The predicted molar refractivity (Wildman–Crippen MR) is 80.4 cm³/mol. The molecule has 1 saturated carbocycles. The molecule has 106 valence electrons. The lowest BCUT2D eigenvalue weighted by molar-refractivity contribution is 0.333. The minimum atomic E-state index is 0.291. The molecule has 0 radical (unpaired) electrons. The third-order valence-corrected chi connectivity index (χ3v) is 3.63. The molecule has 1 aliphatic rings. The number of nitrogens with zero attached hydrogens (tertiary/aromatic N) is 1. The number of fused-ring (bicyclic) bond motifs is 1. The topological polar surface area (TPSA) is 47.3 Å². The lowest BCUT2D eigenvalue weighted by Crippen LogP contribution is -2.15. The standard InChI is InChI=1S/C17H16N2O2/c1-2-6-15-12(4-1)5-3-7-16(15)21-17-19-14(11-20-17)10-18-13-8-9-13/h1-7,11,13,18H,8-10H2. The van der Waals surface area contributed by atoms with Gasteiger partial charge in [0, 0.05) is 18.0 Å². The van der Waals surface area contributed by atoms with Crippen molar-refractivity contribution in [1.29, 1.82) is 0 Å². The van der Waals surface area contributed by atoms with Crippen LogP contribution in [0.1, 0.15) is 18.5 Å². The SMILES string of the molecule is c1ccc2c(Oc3nc(CNC4CC4)co3)cccc2c1. The van der Waals surface area contributed by atoms with E-state index < -0.39 is 0 Å². The lowest BCUT2D eigenvalue weighted by atomic mass is 10.1. The zero-order valence-corrected chi connectivity index (χ0v) is 11.6. The molecule has 1 fully saturated rings. The van der Waals surface area contributed by atoms with Crippen molar-refractivity contribution >= 4 is 10.8 Å². The van der Waals surface area contributed by atoms with Crippen LogP contribution in [0.5, 0.6) is 11.8 Å². The van der Waals surface area contributed by atoms with E-state index in [9.17, 15) is 0 Å². The molecular formula is C17H16N2O2. The molecule has 0 saturated heterocycles. The maximum Gasteiger partial charge on any atom is 0.399 e. The summed E-state index contributed by atoms with van der Waals surface area (Å²) in [6.45, 7) is 0.729. The Hall–Kier alpha value is -2.33. The Morgan fingerprint density at radius 3 is 2.90 bits per heavy atom. The summed E-state index contributed by atoms with van der Waals surface area (Å²) in [4.78, 5) is 4.36. The smallest absolute Gasteiger partial charge is 0.399 e. The zero-order chi connectivity index (χ0) is 14.1. The number of aromatic nitrogens is 1. The molecule has 0 aliphatic heterocycles. The molecule has 4 rings (SSSR count).